The van der Waals surface area contributed by atoms with Gasteiger partial charge in [-0.1, -0.05) is 19.8 Å². The zero-order chi connectivity index (χ0) is 13.9. The van der Waals surface area contributed by atoms with Gasteiger partial charge in [0, 0.05) is 13.2 Å². The van der Waals surface area contributed by atoms with Crippen molar-refractivity contribution in [3.8, 4) is 0 Å². The second-order valence-electron chi connectivity index (χ2n) is 6.16. The zero-order valence-corrected chi connectivity index (χ0v) is 12.4. The summed E-state index contributed by atoms with van der Waals surface area (Å²) < 4.78 is 31.8. The topological polar surface area (TPSA) is 75.6 Å². The molecule has 2 fully saturated rings. The maximum atomic E-state index is 12.0. The van der Waals surface area contributed by atoms with Gasteiger partial charge in [-0.15, -0.1) is 0 Å². The molecule has 5 nitrogen and oxygen atoms in total. The lowest BCUT2D eigenvalue weighted by Gasteiger charge is -2.35. The molecule has 3 unspecified atom stereocenters. The van der Waals surface area contributed by atoms with Crippen molar-refractivity contribution >= 4 is 10.0 Å². The van der Waals surface area contributed by atoms with Gasteiger partial charge in [0.15, 0.2) is 0 Å². The number of hydrogen-bond acceptors (Lipinski definition) is 4. The second-order valence-corrected chi connectivity index (χ2v) is 8.01. The molecule has 2 rings (SSSR count). The summed E-state index contributed by atoms with van der Waals surface area (Å²) in [5, 5.41) is 10.4. The van der Waals surface area contributed by atoms with Crippen molar-refractivity contribution in [3.05, 3.63) is 0 Å². The van der Waals surface area contributed by atoms with E-state index >= 15 is 0 Å². The lowest BCUT2D eigenvalue weighted by atomic mass is 9.79. The molecule has 1 saturated heterocycles. The Morgan fingerprint density at radius 2 is 2.16 bits per heavy atom. The van der Waals surface area contributed by atoms with Gasteiger partial charge >= 0.3 is 0 Å². The highest BCUT2D eigenvalue weighted by atomic mass is 32.2. The molecule has 0 bridgehead atoms. The summed E-state index contributed by atoms with van der Waals surface area (Å²) in [6, 6.07) is 0. The van der Waals surface area contributed by atoms with Crippen molar-refractivity contribution in [1.82, 2.24) is 4.72 Å². The van der Waals surface area contributed by atoms with Crippen LogP contribution in [0.2, 0.25) is 0 Å². The summed E-state index contributed by atoms with van der Waals surface area (Å²) in [6.07, 6.45) is 4.99. The fraction of sp³-hybridized carbons (Fsp3) is 1.00. The molecule has 1 aliphatic carbocycles. The van der Waals surface area contributed by atoms with Gasteiger partial charge < -0.3 is 9.84 Å². The van der Waals surface area contributed by atoms with E-state index in [0.29, 0.717) is 25.4 Å². The molecule has 112 valence electrons. The first-order chi connectivity index (χ1) is 8.89. The molecule has 3 atom stereocenters. The van der Waals surface area contributed by atoms with Crippen LogP contribution in [-0.4, -0.2) is 44.1 Å². The predicted octanol–water partition coefficient (Wildman–Crippen LogP) is 1.03. The van der Waals surface area contributed by atoms with Crippen LogP contribution in [0.1, 0.15) is 45.4 Å². The average molecular weight is 291 g/mol. The highest BCUT2D eigenvalue weighted by Gasteiger charge is 2.34. The highest BCUT2D eigenvalue weighted by Crippen LogP contribution is 2.31. The number of hydrogen-bond donors (Lipinski definition) is 2. The fourth-order valence-corrected chi connectivity index (χ4v) is 4.48. The van der Waals surface area contributed by atoms with E-state index < -0.39 is 15.6 Å². The average Bonchev–Trinajstić information content (AvgIpc) is 2.79. The Bertz CT molecular complexity index is 391. The van der Waals surface area contributed by atoms with Crippen LogP contribution in [0.3, 0.4) is 0 Å². The molecule has 0 aromatic heterocycles. The van der Waals surface area contributed by atoms with Gasteiger partial charge in [0.1, 0.15) is 0 Å². The van der Waals surface area contributed by atoms with Crippen LogP contribution in [0.15, 0.2) is 0 Å². The van der Waals surface area contributed by atoms with Crippen LogP contribution >= 0.6 is 0 Å². The van der Waals surface area contributed by atoms with E-state index in [1.807, 2.05) is 0 Å². The maximum Gasteiger partial charge on any atom is 0.214 e. The van der Waals surface area contributed by atoms with Crippen molar-refractivity contribution in [1.29, 1.82) is 0 Å². The molecule has 1 aliphatic heterocycles. The van der Waals surface area contributed by atoms with Crippen molar-refractivity contribution in [2.45, 2.75) is 57.2 Å². The third kappa shape index (κ3) is 4.70. The molecule has 2 N–H and O–H groups in total. The number of rotatable bonds is 5. The largest absolute Gasteiger partial charge is 0.389 e. The molecule has 0 amide bonds. The molecule has 19 heavy (non-hydrogen) atoms. The number of nitrogens with one attached hydrogen (secondary N) is 1. The minimum Gasteiger partial charge on any atom is -0.389 e. The molecular weight excluding hydrogens is 266 g/mol. The summed E-state index contributed by atoms with van der Waals surface area (Å²) in [7, 11) is -3.35. The molecule has 2 aliphatic rings. The van der Waals surface area contributed by atoms with E-state index in [9.17, 15) is 13.5 Å². The summed E-state index contributed by atoms with van der Waals surface area (Å²) in [5.41, 5.74) is -0.874. The molecule has 6 heteroatoms. The second kappa shape index (κ2) is 6.08. The number of sulfonamides is 1. The Hall–Kier alpha value is -0.170. The summed E-state index contributed by atoms with van der Waals surface area (Å²) >= 11 is 0. The summed E-state index contributed by atoms with van der Waals surface area (Å²) in [4.78, 5) is 0. The minimum absolute atomic E-state index is 0.0125. The van der Waals surface area contributed by atoms with Crippen LogP contribution in [0, 0.1) is 5.92 Å². The van der Waals surface area contributed by atoms with Crippen LogP contribution in [0.4, 0.5) is 0 Å². The first kappa shape index (κ1) is 15.2. The highest BCUT2D eigenvalue weighted by molar-refractivity contribution is 7.89. The number of aliphatic hydroxyl groups is 1. The number of ether oxygens (including phenoxy) is 1. The van der Waals surface area contributed by atoms with Gasteiger partial charge in [-0.2, -0.15) is 0 Å². The van der Waals surface area contributed by atoms with Crippen LogP contribution in [0.5, 0.6) is 0 Å². The van der Waals surface area contributed by atoms with E-state index in [2.05, 4.69) is 11.6 Å². The molecule has 0 spiro atoms. The molecule has 1 saturated carbocycles. The van der Waals surface area contributed by atoms with E-state index in [0.717, 1.165) is 25.7 Å². The van der Waals surface area contributed by atoms with Gasteiger partial charge in [0.25, 0.3) is 0 Å². The lowest BCUT2D eigenvalue weighted by molar-refractivity contribution is -0.00758. The van der Waals surface area contributed by atoms with E-state index in [4.69, 9.17) is 4.74 Å². The van der Waals surface area contributed by atoms with Gasteiger partial charge in [-0.25, -0.2) is 13.1 Å². The van der Waals surface area contributed by atoms with Gasteiger partial charge in [0.05, 0.1) is 17.5 Å². The summed E-state index contributed by atoms with van der Waals surface area (Å²) in [6.45, 7) is 2.89. The monoisotopic (exact) mass is 291 g/mol. The Morgan fingerprint density at radius 1 is 1.37 bits per heavy atom. The van der Waals surface area contributed by atoms with E-state index in [1.54, 1.807) is 0 Å². The van der Waals surface area contributed by atoms with Crippen molar-refractivity contribution in [2.75, 3.05) is 18.9 Å². The smallest absolute Gasteiger partial charge is 0.214 e. The quantitative estimate of drug-likeness (QED) is 0.793. The van der Waals surface area contributed by atoms with Crippen LogP contribution in [0.25, 0.3) is 0 Å². The van der Waals surface area contributed by atoms with E-state index in [-0.39, 0.29) is 18.4 Å². The standard InChI is InChI=1S/C13H25NO4S/c1-11-4-2-6-13(15,8-11)10-14-19(16,17)9-12-5-3-7-18-12/h11-12,14-15H,2-10H2,1H3. The van der Waals surface area contributed by atoms with Crippen molar-refractivity contribution < 1.29 is 18.3 Å². The fourth-order valence-electron chi connectivity index (χ4n) is 3.12. The molecule has 0 radical (unpaired) electrons. The van der Waals surface area contributed by atoms with Gasteiger partial charge in [0.2, 0.25) is 10.0 Å². The lowest BCUT2D eigenvalue weighted by Crippen LogP contribution is -2.47. The Labute approximate surface area is 115 Å². The van der Waals surface area contributed by atoms with Gasteiger partial charge in [-0.3, -0.25) is 0 Å². The molecule has 0 aromatic carbocycles. The Morgan fingerprint density at radius 3 is 2.79 bits per heavy atom. The molecule has 0 aromatic rings. The minimum atomic E-state index is -3.35. The predicted molar refractivity (Wildman–Crippen MR) is 73.3 cm³/mol. The van der Waals surface area contributed by atoms with E-state index in [1.165, 1.54) is 0 Å². The van der Waals surface area contributed by atoms with Crippen molar-refractivity contribution in [3.63, 3.8) is 0 Å². The summed E-state index contributed by atoms with van der Waals surface area (Å²) in [5.74, 6) is 0.472. The first-order valence-corrected chi connectivity index (χ1v) is 8.85. The van der Waals surface area contributed by atoms with Crippen LogP contribution < -0.4 is 4.72 Å². The van der Waals surface area contributed by atoms with Gasteiger partial charge in [-0.05, 0) is 31.6 Å². The van der Waals surface area contributed by atoms with Crippen LogP contribution in [-0.2, 0) is 14.8 Å². The molecular formula is C13H25NO4S. The normalized spacial score (nSPS) is 36.5. The third-order valence-electron chi connectivity index (χ3n) is 4.12. The Kier molecular flexibility index (Phi) is 4.87. The maximum absolute atomic E-state index is 12.0. The first-order valence-electron chi connectivity index (χ1n) is 7.20. The zero-order valence-electron chi connectivity index (χ0n) is 11.6. The Balaban J connectivity index is 1.82. The third-order valence-corrected chi connectivity index (χ3v) is 5.51. The van der Waals surface area contributed by atoms with Crippen molar-refractivity contribution in [2.24, 2.45) is 5.92 Å². The SMILES string of the molecule is CC1CCCC(O)(CNS(=O)(=O)CC2CCCO2)C1. The molecule has 1 heterocycles.